The lowest BCUT2D eigenvalue weighted by molar-refractivity contribution is -0.121. The maximum atomic E-state index is 12.9. The zero-order chi connectivity index (χ0) is 25.9. The van der Waals surface area contributed by atoms with Gasteiger partial charge in [0.2, 0.25) is 18.6 Å². The van der Waals surface area contributed by atoms with Gasteiger partial charge in [-0.05, 0) is 54.6 Å². The highest BCUT2D eigenvalue weighted by Crippen LogP contribution is 2.35. The van der Waals surface area contributed by atoms with E-state index in [1.54, 1.807) is 36.4 Å². The van der Waals surface area contributed by atoms with Gasteiger partial charge in [0.15, 0.2) is 18.1 Å². The van der Waals surface area contributed by atoms with Crippen LogP contribution >= 0.6 is 11.8 Å². The minimum atomic E-state index is -0.721. The number of imide groups is 1. The number of anilines is 3. The molecule has 1 atom stereocenters. The molecule has 2 aliphatic heterocycles. The van der Waals surface area contributed by atoms with Crippen LogP contribution in [-0.2, 0) is 19.1 Å². The molecule has 1 saturated heterocycles. The van der Waals surface area contributed by atoms with Crippen LogP contribution in [0.5, 0.6) is 11.5 Å². The molecule has 0 saturated carbocycles. The van der Waals surface area contributed by atoms with E-state index >= 15 is 0 Å². The van der Waals surface area contributed by atoms with Gasteiger partial charge in [0.05, 0.1) is 16.5 Å². The van der Waals surface area contributed by atoms with E-state index in [4.69, 9.17) is 19.9 Å². The predicted molar refractivity (Wildman–Crippen MR) is 136 cm³/mol. The standard InChI is InChI=1S/C26H21N3O7S/c27-16-2-1-3-19(10-16)37-22-12-24(31)29(25(22)32)18-7-4-15(5-8-18)26(33)34-13-23(30)28-17-6-9-20-21(11-17)36-14-35-20/h1-11,22H,12-14,27H2,(H,28,30). The molecule has 0 spiro atoms. The highest BCUT2D eigenvalue weighted by Gasteiger charge is 2.40. The molecule has 1 unspecified atom stereocenters. The summed E-state index contributed by atoms with van der Waals surface area (Å²) in [4.78, 5) is 52.0. The van der Waals surface area contributed by atoms with Crippen molar-refractivity contribution in [2.24, 2.45) is 0 Å². The molecular weight excluding hydrogens is 498 g/mol. The van der Waals surface area contributed by atoms with Crippen molar-refractivity contribution < 1.29 is 33.4 Å². The first kappa shape index (κ1) is 24.2. The van der Waals surface area contributed by atoms with Gasteiger partial charge in [-0.2, -0.15) is 0 Å². The topological polar surface area (TPSA) is 137 Å². The Bertz CT molecular complexity index is 1390. The Morgan fingerprint density at radius 2 is 1.81 bits per heavy atom. The van der Waals surface area contributed by atoms with E-state index in [0.717, 1.165) is 9.80 Å². The molecular formula is C26H21N3O7S. The number of nitrogens with one attached hydrogen (secondary N) is 1. The fourth-order valence-electron chi connectivity index (χ4n) is 3.85. The highest BCUT2D eigenvalue weighted by atomic mass is 32.2. The number of amides is 3. The molecule has 0 bridgehead atoms. The van der Waals surface area contributed by atoms with E-state index in [0.29, 0.717) is 28.6 Å². The van der Waals surface area contributed by atoms with Crippen LogP contribution in [0.15, 0.2) is 71.6 Å². The fraction of sp³-hybridized carbons (Fsp3) is 0.154. The predicted octanol–water partition coefficient (Wildman–Crippen LogP) is 3.22. The van der Waals surface area contributed by atoms with Gasteiger partial charge < -0.3 is 25.3 Å². The van der Waals surface area contributed by atoms with Crippen LogP contribution in [0.1, 0.15) is 16.8 Å². The molecule has 0 aliphatic carbocycles. The molecule has 0 radical (unpaired) electrons. The number of carbonyl (C=O) groups excluding carboxylic acids is 4. The number of nitrogens with two attached hydrogens (primary N) is 1. The number of carbonyl (C=O) groups is 4. The molecule has 3 amide bonds. The smallest absolute Gasteiger partial charge is 0.338 e. The van der Waals surface area contributed by atoms with Gasteiger partial charge >= 0.3 is 5.97 Å². The second-order valence-corrected chi connectivity index (χ2v) is 9.47. The number of esters is 1. The molecule has 3 aromatic rings. The summed E-state index contributed by atoms with van der Waals surface area (Å²) in [6, 6.07) is 17.9. The Hall–Kier alpha value is -4.51. The number of thioether (sulfide) groups is 1. The number of ether oxygens (including phenoxy) is 3. The van der Waals surface area contributed by atoms with Crippen molar-refractivity contribution >= 4 is 52.5 Å². The second-order valence-electron chi connectivity index (χ2n) is 8.19. The van der Waals surface area contributed by atoms with Crippen LogP contribution in [0.4, 0.5) is 17.1 Å². The lowest BCUT2D eigenvalue weighted by Crippen LogP contribution is -2.31. The van der Waals surface area contributed by atoms with Crippen molar-refractivity contribution in [2.45, 2.75) is 16.6 Å². The van der Waals surface area contributed by atoms with Gasteiger partial charge in [0.1, 0.15) is 0 Å². The minimum Gasteiger partial charge on any atom is -0.454 e. The van der Waals surface area contributed by atoms with Gasteiger partial charge in [-0.25, -0.2) is 9.69 Å². The molecule has 2 heterocycles. The Morgan fingerprint density at radius 1 is 1.03 bits per heavy atom. The summed E-state index contributed by atoms with van der Waals surface area (Å²) >= 11 is 1.28. The summed E-state index contributed by atoms with van der Waals surface area (Å²) < 4.78 is 15.6. The van der Waals surface area contributed by atoms with Crippen LogP contribution in [0.2, 0.25) is 0 Å². The Labute approximate surface area is 215 Å². The van der Waals surface area contributed by atoms with Crippen LogP contribution in [-0.4, -0.2) is 42.3 Å². The van der Waals surface area contributed by atoms with Crippen molar-refractivity contribution in [3.05, 3.63) is 72.3 Å². The van der Waals surface area contributed by atoms with Crippen LogP contribution < -0.4 is 25.4 Å². The van der Waals surface area contributed by atoms with E-state index in [1.165, 1.54) is 36.0 Å². The van der Waals surface area contributed by atoms with E-state index in [2.05, 4.69) is 5.32 Å². The summed E-state index contributed by atoms with van der Waals surface area (Å²) in [7, 11) is 0. The number of hydrogen-bond acceptors (Lipinski definition) is 9. The molecule has 5 rings (SSSR count). The lowest BCUT2D eigenvalue weighted by atomic mass is 10.2. The Balaban J connectivity index is 1.16. The minimum absolute atomic E-state index is 0.0561. The molecule has 10 nitrogen and oxygen atoms in total. The number of hydrogen-bond donors (Lipinski definition) is 2. The molecule has 3 aromatic carbocycles. The maximum Gasteiger partial charge on any atom is 0.338 e. The third-order valence-corrected chi connectivity index (χ3v) is 6.77. The third-order valence-electron chi connectivity index (χ3n) is 5.59. The average Bonchev–Trinajstić information content (AvgIpc) is 3.46. The quantitative estimate of drug-likeness (QED) is 0.274. The highest BCUT2D eigenvalue weighted by molar-refractivity contribution is 8.00. The van der Waals surface area contributed by atoms with Crippen LogP contribution in [0.25, 0.3) is 0 Å². The Kier molecular flexibility index (Phi) is 6.69. The second kappa shape index (κ2) is 10.2. The van der Waals surface area contributed by atoms with Gasteiger partial charge in [-0.15, -0.1) is 11.8 Å². The molecule has 37 heavy (non-hydrogen) atoms. The van der Waals surface area contributed by atoms with Crippen molar-refractivity contribution in [3.8, 4) is 11.5 Å². The number of fused-ring (bicyclic) bond motifs is 1. The number of benzene rings is 3. The first-order valence-corrected chi connectivity index (χ1v) is 12.1. The summed E-state index contributed by atoms with van der Waals surface area (Å²) in [5, 5.41) is 2.05. The molecule has 11 heteroatoms. The number of nitrogens with zero attached hydrogens (tertiary/aromatic N) is 1. The summed E-state index contributed by atoms with van der Waals surface area (Å²) in [5.41, 5.74) is 7.37. The average molecular weight is 520 g/mol. The van der Waals surface area contributed by atoms with Gasteiger partial charge in [-0.3, -0.25) is 14.4 Å². The zero-order valence-electron chi connectivity index (χ0n) is 19.3. The monoisotopic (exact) mass is 519 g/mol. The van der Waals surface area contributed by atoms with Crippen LogP contribution in [0.3, 0.4) is 0 Å². The van der Waals surface area contributed by atoms with Crippen molar-refractivity contribution in [2.75, 3.05) is 29.4 Å². The molecule has 1 fully saturated rings. The van der Waals surface area contributed by atoms with E-state index in [9.17, 15) is 19.2 Å². The van der Waals surface area contributed by atoms with Crippen LogP contribution in [0, 0.1) is 0 Å². The van der Waals surface area contributed by atoms with E-state index < -0.39 is 23.7 Å². The largest absolute Gasteiger partial charge is 0.454 e. The summed E-state index contributed by atoms with van der Waals surface area (Å²) in [6.07, 6.45) is 0.0561. The Morgan fingerprint density at radius 3 is 2.59 bits per heavy atom. The van der Waals surface area contributed by atoms with Gasteiger partial charge in [-0.1, -0.05) is 6.07 Å². The SMILES string of the molecule is Nc1cccc(SC2CC(=O)N(c3ccc(C(=O)OCC(=O)Nc4ccc5c(c4)OCO5)cc3)C2=O)c1. The lowest BCUT2D eigenvalue weighted by Gasteiger charge is -2.15. The number of nitrogen functional groups attached to an aromatic ring is 1. The van der Waals surface area contributed by atoms with Gasteiger partial charge in [0, 0.05) is 28.8 Å². The van der Waals surface area contributed by atoms with Crippen molar-refractivity contribution in [3.63, 3.8) is 0 Å². The zero-order valence-corrected chi connectivity index (χ0v) is 20.2. The van der Waals surface area contributed by atoms with Crippen molar-refractivity contribution in [1.29, 1.82) is 0 Å². The first-order chi connectivity index (χ1) is 17.9. The van der Waals surface area contributed by atoms with E-state index in [-0.39, 0.29) is 30.6 Å². The fourth-order valence-corrected chi connectivity index (χ4v) is 4.97. The summed E-state index contributed by atoms with van der Waals surface area (Å²) in [6.45, 7) is -0.382. The normalized spacial score (nSPS) is 16.1. The maximum absolute atomic E-state index is 12.9. The molecule has 3 N–H and O–H groups in total. The third kappa shape index (κ3) is 5.36. The molecule has 188 valence electrons. The molecule has 2 aliphatic rings. The first-order valence-electron chi connectivity index (χ1n) is 11.2. The summed E-state index contributed by atoms with van der Waals surface area (Å²) in [5.74, 6) is -0.822. The van der Waals surface area contributed by atoms with Crippen molar-refractivity contribution in [1.82, 2.24) is 0 Å². The van der Waals surface area contributed by atoms with E-state index in [1.807, 2.05) is 6.07 Å². The molecule has 0 aromatic heterocycles. The number of rotatable bonds is 7. The van der Waals surface area contributed by atoms with Gasteiger partial charge in [0.25, 0.3) is 5.91 Å².